The average Bonchev–Trinajstić information content (AvgIpc) is 2.83. The second-order valence-corrected chi connectivity index (χ2v) is 10.6. The lowest BCUT2D eigenvalue weighted by Crippen LogP contribution is -2.60. The number of fused-ring (bicyclic) bond motifs is 2. The van der Waals surface area contributed by atoms with Crippen LogP contribution in [0.5, 0.6) is 5.75 Å². The molecule has 0 saturated heterocycles. The lowest BCUT2D eigenvalue weighted by Gasteiger charge is -2.54. The van der Waals surface area contributed by atoms with Crippen LogP contribution < -0.4 is 15.5 Å². The summed E-state index contributed by atoms with van der Waals surface area (Å²) in [6, 6.07) is 4.42. The maximum Gasteiger partial charge on any atom is 0.274 e. The highest BCUT2D eigenvalue weighted by Crippen LogP contribution is 2.48. The third-order valence-corrected chi connectivity index (χ3v) is 7.31. The fourth-order valence-electron chi connectivity index (χ4n) is 5.11. The summed E-state index contributed by atoms with van der Waals surface area (Å²) in [5.41, 5.74) is -1.53. The second kappa shape index (κ2) is 10.4. The molecule has 1 saturated carbocycles. The first-order valence-electron chi connectivity index (χ1n) is 12.1. The molecule has 9 nitrogen and oxygen atoms in total. The van der Waals surface area contributed by atoms with Crippen molar-refractivity contribution in [2.45, 2.75) is 45.1 Å². The monoisotopic (exact) mass is 535 g/mol. The number of benzene rings is 1. The number of aliphatic hydroxyl groups is 1. The number of amides is 2. The lowest BCUT2D eigenvalue weighted by molar-refractivity contribution is -0.0561. The zero-order valence-electron chi connectivity index (χ0n) is 21.2. The van der Waals surface area contributed by atoms with Crippen molar-refractivity contribution >= 4 is 23.4 Å². The largest absolute Gasteiger partial charge is 0.458 e. The number of nitrogens with one attached hydrogen (secondary N) is 1. The van der Waals surface area contributed by atoms with Crippen LogP contribution in [0.2, 0.25) is 5.02 Å². The second-order valence-electron chi connectivity index (χ2n) is 10.2. The Labute approximate surface area is 219 Å². The maximum absolute atomic E-state index is 14.3. The molecule has 37 heavy (non-hydrogen) atoms. The van der Waals surface area contributed by atoms with Gasteiger partial charge in [-0.05, 0) is 24.8 Å². The molecule has 1 fully saturated rings. The first-order chi connectivity index (χ1) is 17.5. The average molecular weight is 536 g/mol. The van der Waals surface area contributed by atoms with Gasteiger partial charge in [0, 0.05) is 51.5 Å². The van der Waals surface area contributed by atoms with E-state index in [9.17, 15) is 23.9 Å². The normalized spacial score (nSPS) is 21.6. The van der Waals surface area contributed by atoms with E-state index in [2.05, 4.69) is 5.32 Å². The fourth-order valence-corrected chi connectivity index (χ4v) is 5.31. The van der Waals surface area contributed by atoms with Gasteiger partial charge in [-0.25, -0.2) is 4.39 Å². The predicted molar refractivity (Wildman–Crippen MR) is 134 cm³/mol. The number of methoxy groups -OCH3 is 1. The first-order valence-corrected chi connectivity index (χ1v) is 12.5. The molecule has 2 aliphatic rings. The van der Waals surface area contributed by atoms with Gasteiger partial charge in [-0.15, -0.1) is 0 Å². The standard InChI is InChI=1S/C26H31ClFN3O6/c1-14(2)25(35)37-22-20-24(34)30(3)13-26(8-15(9-26)12-36-4)31(20)11-17(21(22)32)23(33)29-10-16-6-5-7-18(27)19(16)28/h5-7,11,14-15,25,35H,8-10,12-13H2,1-4H3,(H,29,33)/t15-,25?,26+. The van der Waals surface area contributed by atoms with Gasteiger partial charge < -0.3 is 29.4 Å². The smallest absolute Gasteiger partial charge is 0.274 e. The van der Waals surface area contributed by atoms with Crippen molar-refractivity contribution in [2.75, 3.05) is 27.3 Å². The first kappa shape index (κ1) is 27.1. The molecule has 1 unspecified atom stereocenters. The van der Waals surface area contributed by atoms with E-state index >= 15 is 0 Å². The minimum atomic E-state index is -1.38. The summed E-state index contributed by atoms with van der Waals surface area (Å²) in [5.74, 6) is -2.40. The van der Waals surface area contributed by atoms with Crippen molar-refractivity contribution in [3.05, 3.63) is 62.3 Å². The van der Waals surface area contributed by atoms with Gasteiger partial charge in [-0.2, -0.15) is 0 Å². The number of aliphatic hydroxyl groups excluding tert-OH is 1. The Morgan fingerprint density at radius 3 is 2.68 bits per heavy atom. The van der Waals surface area contributed by atoms with Gasteiger partial charge in [-0.1, -0.05) is 37.6 Å². The van der Waals surface area contributed by atoms with Gasteiger partial charge in [0.1, 0.15) is 11.4 Å². The van der Waals surface area contributed by atoms with E-state index in [1.165, 1.54) is 23.2 Å². The van der Waals surface area contributed by atoms with E-state index in [0.717, 1.165) is 0 Å². The topological polar surface area (TPSA) is 110 Å². The van der Waals surface area contributed by atoms with Crippen LogP contribution in [-0.2, 0) is 16.8 Å². The Bertz CT molecular complexity index is 1270. The van der Waals surface area contributed by atoms with E-state index in [-0.39, 0.29) is 46.0 Å². The number of rotatable bonds is 8. The number of pyridine rings is 1. The molecule has 200 valence electrons. The molecule has 11 heteroatoms. The minimum absolute atomic E-state index is 0.00764. The number of hydrogen-bond acceptors (Lipinski definition) is 6. The third-order valence-electron chi connectivity index (χ3n) is 7.02. The van der Waals surface area contributed by atoms with Gasteiger partial charge in [-0.3, -0.25) is 14.4 Å². The Morgan fingerprint density at radius 2 is 2.03 bits per heavy atom. The summed E-state index contributed by atoms with van der Waals surface area (Å²) in [6.45, 7) is 4.11. The summed E-state index contributed by atoms with van der Waals surface area (Å²) in [7, 11) is 3.27. The fraction of sp³-hybridized carbons (Fsp3) is 0.500. The van der Waals surface area contributed by atoms with Gasteiger partial charge in [0.05, 0.1) is 10.6 Å². The van der Waals surface area contributed by atoms with Crippen LogP contribution in [0.3, 0.4) is 0 Å². The number of likely N-dealkylation sites (N-methyl/N-ethyl adjacent to an activating group) is 1. The van der Waals surface area contributed by atoms with E-state index < -0.39 is 34.9 Å². The molecule has 1 aliphatic heterocycles. The van der Waals surface area contributed by atoms with Gasteiger partial charge in [0.15, 0.2) is 17.7 Å². The number of hydrogen-bond donors (Lipinski definition) is 2. The number of halogens is 2. The van der Waals surface area contributed by atoms with Crippen LogP contribution in [-0.4, -0.2) is 60.0 Å². The molecule has 1 aliphatic carbocycles. The lowest BCUT2D eigenvalue weighted by atomic mass is 9.67. The molecule has 2 aromatic rings. The summed E-state index contributed by atoms with van der Waals surface area (Å²) in [4.78, 5) is 41.5. The van der Waals surface area contributed by atoms with Crippen LogP contribution >= 0.6 is 11.6 Å². The van der Waals surface area contributed by atoms with E-state index in [1.54, 1.807) is 38.6 Å². The number of aromatic nitrogens is 1. The predicted octanol–water partition coefficient (Wildman–Crippen LogP) is 2.76. The Hall–Kier alpha value is -2.95. The van der Waals surface area contributed by atoms with E-state index in [0.29, 0.717) is 26.0 Å². The van der Waals surface area contributed by atoms with Crippen molar-refractivity contribution in [1.29, 1.82) is 0 Å². The quantitative estimate of drug-likeness (QED) is 0.503. The van der Waals surface area contributed by atoms with Crippen LogP contribution in [0.15, 0.2) is 29.2 Å². The molecular weight excluding hydrogens is 505 g/mol. The van der Waals surface area contributed by atoms with Gasteiger partial charge >= 0.3 is 0 Å². The molecule has 4 rings (SSSR count). The molecule has 1 atom stereocenters. The third kappa shape index (κ3) is 4.97. The van der Waals surface area contributed by atoms with Crippen molar-refractivity contribution < 1.29 is 28.6 Å². The van der Waals surface area contributed by atoms with Crippen LogP contribution in [0.1, 0.15) is 53.1 Å². The van der Waals surface area contributed by atoms with Crippen molar-refractivity contribution in [3.63, 3.8) is 0 Å². The number of nitrogens with zero attached hydrogens (tertiary/aromatic N) is 2. The SMILES string of the molecule is COC[C@H]1C[C@]2(CN(C)C(=O)c3c(OC(O)C(C)C)c(=O)c(C(=O)NCc4cccc(Cl)c4F)cn32)C1. The van der Waals surface area contributed by atoms with E-state index in [1.807, 2.05) is 0 Å². The Balaban J connectivity index is 1.78. The van der Waals surface area contributed by atoms with Crippen molar-refractivity contribution in [1.82, 2.24) is 14.8 Å². The van der Waals surface area contributed by atoms with Crippen LogP contribution in [0.4, 0.5) is 4.39 Å². The van der Waals surface area contributed by atoms with Crippen LogP contribution in [0, 0.1) is 17.7 Å². The Kier molecular flexibility index (Phi) is 7.64. The highest BCUT2D eigenvalue weighted by atomic mass is 35.5. The molecule has 1 spiro atoms. The Morgan fingerprint density at radius 1 is 1.32 bits per heavy atom. The summed E-state index contributed by atoms with van der Waals surface area (Å²) in [6.07, 6.45) is 1.32. The molecule has 1 aromatic carbocycles. The maximum atomic E-state index is 14.3. The molecule has 0 radical (unpaired) electrons. The highest BCUT2D eigenvalue weighted by molar-refractivity contribution is 6.30. The highest BCUT2D eigenvalue weighted by Gasteiger charge is 2.52. The zero-order chi connectivity index (χ0) is 27.1. The number of ether oxygens (including phenoxy) is 2. The van der Waals surface area contributed by atoms with Gasteiger partial charge in [0.2, 0.25) is 5.43 Å². The summed E-state index contributed by atoms with van der Waals surface area (Å²) >= 11 is 5.83. The molecule has 2 N–H and O–H groups in total. The molecule has 2 heterocycles. The minimum Gasteiger partial charge on any atom is -0.458 e. The van der Waals surface area contributed by atoms with Crippen molar-refractivity contribution in [2.24, 2.45) is 11.8 Å². The summed E-state index contributed by atoms with van der Waals surface area (Å²) < 4.78 is 26.9. The molecular formula is C26H31ClFN3O6. The van der Waals surface area contributed by atoms with Crippen molar-refractivity contribution in [3.8, 4) is 5.75 Å². The molecule has 2 amide bonds. The summed E-state index contributed by atoms with van der Waals surface area (Å²) in [5, 5.41) is 12.9. The molecule has 1 aromatic heterocycles. The van der Waals surface area contributed by atoms with Crippen LogP contribution in [0.25, 0.3) is 0 Å². The zero-order valence-corrected chi connectivity index (χ0v) is 22.0. The van der Waals surface area contributed by atoms with Gasteiger partial charge in [0.25, 0.3) is 11.8 Å². The molecule has 0 bridgehead atoms. The van der Waals surface area contributed by atoms with E-state index in [4.69, 9.17) is 21.1 Å². The number of carbonyl (C=O) groups excluding carboxylic acids is 2. The number of carbonyl (C=O) groups is 2.